The molecule has 0 saturated heterocycles. The minimum Gasteiger partial charge on any atom is -0.488 e. The highest BCUT2D eigenvalue weighted by molar-refractivity contribution is 7.97. The number of hydrogen-bond acceptors (Lipinski definition) is 5. The molecule has 6 heteroatoms. The molecule has 0 unspecified atom stereocenters. The minimum absolute atomic E-state index is 0.262. The van der Waals surface area contributed by atoms with E-state index in [4.69, 9.17) is 14.2 Å². The molecule has 0 radical (unpaired) electrons. The Bertz CT molecular complexity index is 1420. The van der Waals surface area contributed by atoms with Crippen LogP contribution in [-0.4, -0.2) is 15.6 Å². The van der Waals surface area contributed by atoms with Crippen molar-refractivity contribution >= 4 is 10.9 Å². The van der Waals surface area contributed by atoms with Crippen molar-refractivity contribution in [3.63, 3.8) is 0 Å². The van der Waals surface area contributed by atoms with Gasteiger partial charge in [0.25, 0.3) is 0 Å². The van der Waals surface area contributed by atoms with E-state index in [1.54, 1.807) is 12.4 Å². The normalized spacial score (nSPS) is 11.3. The van der Waals surface area contributed by atoms with Crippen molar-refractivity contribution < 1.29 is 14.2 Å². The first-order valence-electron chi connectivity index (χ1n) is 13.2. The molecule has 0 aliphatic carbocycles. The van der Waals surface area contributed by atoms with Crippen LogP contribution in [0.3, 0.4) is 0 Å². The van der Waals surface area contributed by atoms with Crippen LogP contribution >= 0.6 is 0 Å². The minimum atomic E-state index is -0.410. The molecule has 2 heterocycles. The summed E-state index contributed by atoms with van der Waals surface area (Å²) in [6.45, 7) is 6.98. The number of rotatable bonds is 10. The Labute approximate surface area is 239 Å². The molecule has 0 atom stereocenters. The average molecular weight is 550 g/mol. The molecule has 3 aromatic carbocycles. The standard InChI is InChI=1S/C34H33N2O3S/c1-34(2,3)39-28-16-18-31(19-17-28)40(32-14-8-12-29(22-32)37-24-26-10-4-6-20-35-26)33-15-9-13-30(23-33)38-25-27-11-5-7-21-36-27/h4-23H,24-25H2,1-3H3/q+1. The molecule has 0 bridgehead atoms. The molecule has 5 aromatic rings. The maximum Gasteiger partial charge on any atom is 0.170 e. The monoisotopic (exact) mass is 549 g/mol. The topological polar surface area (TPSA) is 53.5 Å². The predicted molar refractivity (Wildman–Crippen MR) is 159 cm³/mol. The highest BCUT2D eigenvalue weighted by Gasteiger charge is 2.30. The lowest BCUT2D eigenvalue weighted by Crippen LogP contribution is -2.22. The summed E-state index contributed by atoms with van der Waals surface area (Å²) < 4.78 is 18.3. The van der Waals surface area contributed by atoms with Crippen molar-refractivity contribution in [1.82, 2.24) is 9.97 Å². The summed E-state index contributed by atoms with van der Waals surface area (Å²) in [7, 11) is -0.410. The second-order valence-electron chi connectivity index (χ2n) is 10.2. The molecule has 0 amide bonds. The first kappa shape index (κ1) is 27.3. The second-order valence-corrected chi connectivity index (χ2v) is 12.2. The fourth-order valence-corrected chi connectivity index (χ4v) is 6.19. The van der Waals surface area contributed by atoms with Crippen LogP contribution in [0.5, 0.6) is 17.2 Å². The number of aromatic nitrogens is 2. The van der Waals surface area contributed by atoms with Crippen LogP contribution in [0, 0.1) is 0 Å². The van der Waals surface area contributed by atoms with E-state index < -0.39 is 10.9 Å². The molecular formula is C34H33N2O3S+. The Morgan fingerprint density at radius 2 is 1.07 bits per heavy atom. The van der Waals surface area contributed by atoms with E-state index in [-0.39, 0.29) is 5.60 Å². The largest absolute Gasteiger partial charge is 0.488 e. The van der Waals surface area contributed by atoms with Crippen molar-refractivity contribution in [2.45, 2.75) is 54.3 Å². The lowest BCUT2D eigenvalue weighted by molar-refractivity contribution is 0.131. The molecule has 5 nitrogen and oxygen atoms in total. The summed E-state index contributed by atoms with van der Waals surface area (Å²) >= 11 is 0. The van der Waals surface area contributed by atoms with E-state index in [2.05, 4.69) is 67.1 Å². The van der Waals surface area contributed by atoms with Crippen molar-refractivity contribution in [2.75, 3.05) is 0 Å². The van der Waals surface area contributed by atoms with Crippen LogP contribution in [0.15, 0.2) is 136 Å². The summed E-state index contributed by atoms with van der Waals surface area (Å²) in [5, 5.41) is 0. The van der Waals surface area contributed by atoms with E-state index in [1.165, 1.54) is 4.90 Å². The van der Waals surface area contributed by atoms with Crippen molar-refractivity contribution in [3.8, 4) is 17.2 Å². The van der Waals surface area contributed by atoms with Gasteiger partial charge in [-0.3, -0.25) is 9.97 Å². The summed E-state index contributed by atoms with van der Waals surface area (Å²) in [6, 6.07) is 36.7. The van der Waals surface area contributed by atoms with Gasteiger partial charge in [0.05, 0.1) is 22.3 Å². The molecule has 0 aliphatic rings. The van der Waals surface area contributed by atoms with Crippen LogP contribution in [0.2, 0.25) is 0 Å². The number of benzene rings is 3. The average Bonchev–Trinajstić information content (AvgIpc) is 2.97. The Hall–Kier alpha value is -4.29. The number of ether oxygens (including phenoxy) is 3. The Morgan fingerprint density at radius 1 is 0.550 bits per heavy atom. The fourth-order valence-electron chi connectivity index (χ4n) is 4.07. The van der Waals surface area contributed by atoms with Gasteiger partial charge in [0.2, 0.25) is 0 Å². The molecule has 0 fully saturated rings. The van der Waals surface area contributed by atoms with Gasteiger partial charge in [-0.1, -0.05) is 24.3 Å². The summed E-state index contributed by atoms with van der Waals surface area (Å²) in [5.74, 6) is 2.45. The number of hydrogen-bond donors (Lipinski definition) is 0. The van der Waals surface area contributed by atoms with E-state index in [0.717, 1.165) is 38.4 Å². The maximum absolute atomic E-state index is 6.13. The lowest BCUT2D eigenvalue weighted by Gasteiger charge is -2.21. The van der Waals surface area contributed by atoms with E-state index in [9.17, 15) is 0 Å². The molecule has 0 aliphatic heterocycles. The van der Waals surface area contributed by atoms with Crippen molar-refractivity contribution in [2.24, 2.45) is 0 Å². The molecule has 0 spiro atoms. The maximum atomic E-state index is 6.13. The molecule has 40 heavy (non-hydrogen) atoms. The zero-order chi connectivity index (χ0) is 27.8. The van der Waals surface area contributed by atoms with Crippen molar-refractivity contribution in [3.05, 3.63) is 133 Å². The second kappa shape index (κ2) is 12.7. The third kappa shape index (κ3) is 7.64. The Kier molecular flexibility index (Phi) is 8.67. The first-order valence-corrected chi connectivity index (χ1v) is 14.4. The van der Waals surface area contributed by atoms with Gasteiger partial charge in [-0.05, 0) is 93.6 Å². The fraction of sp³-hybridized carbons (Fsp3) is 0.176. The molecule has 0 N–H and O–H groups in total. The quantitative estimate of drug-likeness (QED) is 0.166. The highest BCUT2D eigenvalue weighted by Crippen LogP contribution is 2.35. The van der Waals surface area contributed by atoms with E-state index in [0.29, 0.717) is 13.2 Å². The summed E-state index contributed by atoms with van der Waals surface area (Å²) in [5.41, 5.74) is 1.51. The van der Waals surface area contributed by atoms with Crippen LogP contribution in [0.25, 0.3) is 0 Å². The summed E-state index contributed by atoms with van der Waals surface area (Å²) in [4.78, 5) is 12.2. The van der Waals surface area contributed by atoms with Gasteiger partial charge in [-0.15, -0.1) is 0 Å². The van der Waals surface area contributed by atoms with E-state index >= 15 is 0 Å². The van der Waals surface area contributed by atoms with Gasteiger partial charge in [-0.25, -0.2) is 0 Å². The highest BCUT2D eigenvalue weighted by atomic mass is 32.2. The van der Waals surface area contributed by atoms with Gasteiger partial charge in [0, 0.05) is 24.5 Å². The third-order valence-corrected chi connectivity index (χ3v) is 7.99. The lowest BCUT2D eigenvalue weighted by atomic mass is 10.2. The molecule has 2 aromatic heterocycles. The SMILES string of the molecule is CC(C)(C)Oc1ccc([S+](c2cccc(OCc3ccccn3)c2)c2cccc(OCc3ccccn3)c2)cc1. The Morgan fingerprint density at radius 3 is 1.52 bits per heavy atom. The zero-order valence-corrected chi connectivity index (χ0v) is 23.8. The van der Waals surface area contributed by atoms with Crippen molar-refractivity contribution in [1.29, 1.82) is 0 Å². The van der Waals surface area contributed by atoms with Crippen LogP contribution in [0.4, 0.5) is 0 Å². The van der Waals surface area contributed by atoms with Gasteiger partial charge >= 0.3 is 0 Å². The predicted octanol–water partition coefficient (Wildman–Crippen LogP) is 7.91. The zero-order valence-electron chi connectivity index (χ0n) is 23.0. The molecular weight excluding hydrogens is 516 g/mol. The number of pyridine rings is 2. The van der Waals surface area contributed by atoms with Gasteiger partial charge in [-0.2, -0.15) is 0 Å². The van der Waals surface area contributed by atoms with Gasteiger partial charge in [0.1, 0.15) is 36.1 Å². The van der Waals surface area contributed by atoms with Crippen LogP contribution in [0.1, 0.15) is 32.2 Å². The third-order valence-electron chi connectivity index (χ3n) is 5.79. The summed E-state index contributed by atoms with van der Waals surface area (Å²) in [6.07, 6.45) is 3.56. The van der Waals surface area contributed by atoms with Crippen LogP contribution < -0.4 is 14.2 Å². The molecule has 202 valence electrons. The molecule has 5 rings (SSSR count). The molecule has 0 saturated carbocycles. The number of nitrogens with zero attached hydrogens (tertiary/aromatic N) is 2. The first-order chi connectivity index (χ1) is 19.4. The van der Waals surface area contributed by atoms with Crippen LogP contribution in [-0.2, 0) is 24.1 Å². The van der Waals surface area contributed by atoms with E-state index in [1.807, 2.05) is 72.8 Å². The van der Waals surface area contributed by atoms with Gasteiger partial charge < -0.3 is 14.2 Å². The Balaban J connectivity index is 1.45. The van der Waals surface area contributed by atoms with Gasteiger partial charge in [0.15, 0.2) is 14.7 Å². The smallest absolute Gasteiger partial charge is 0.170 e.